The van der Waals surface area contributed by atoms with Crippen LogP contribution in [0.5, 0.6) is 0 Å². The summed E-state index contributed by atoms with van der Waals surface area (Å²) in [6.07, 6.45) is 4.39. The van der Waals surface area contributed by atoms with E-state index >= 15 is 0 Å². The Balaban J connectivity index is 1.63. The zero-order chi connectivity index (χ0) is 15.7. The van der Waals surface area contributed by atoms with Gasteiger partial charge in [-0.15, -0.1) is 0 Å². The molecule has 118 valence electrons. The number of rotatable bonds is 4. The highest BCUT2D eigenvalue weighted by Gasteiger charge is 2.46. The fraction of sp³-hybridized carbons (Fsp3) is 0.500. The molecule has 1 aromatic rings. The van der Waals surface area contributed by atoms with Crippen molar-refractivity contribution in [1.82, 2.24) is 10.6 Å². The fourth-order valence-electron chi connectivity index (χ4n) is 2.98. The van der Waals surface area contributed by atoms with Crippen molar-refractivity contribution in [2.24, 2.45) is 0 Å². The summed E-state index contributed by atoms with van der Waals surface area (Å²) in [4.78, 5) is 23.7. The number of hydrogen-bond acceptors (Lipinski definition) is 2. The lowest BCUT2D eigenvalue weighted by molar-refractivity contribution is -0.125. The fourth-order valence-corrected chi connectivity index (χ4v) is 3.28. The lowest BCUT2D eigenvalue weighted by Crippen LogP contribution is -2.44. The second kappa shape index (κ2) is 6.09. The molecule has 1 atom stereocenters. The molecule has 1 heterocycles. The van der Waals surface area contributed by atoms with Gasteiger partial charge in [0.15, 0.2) is 0 Å². The number of carbonyl (C=O) groups excluding carboxylic acids is 2. The predicted molar refractivity (Wildman–Crippen MR) is 85.9 cm³/mol. The molecule has 1 aromatic carbocycles. The van der Waals surface area contributed by atoms with E-state index in [1.165, 1.54) is 0 Å². The van der Waals surface area contributed by atoms with Crippen molar-refractivity contribution >= 4 is 35.0 Å². The Morgan fingerprint density at radius 3 is 2.73 bits per heavy atom. The molecule has 1 aliphatic heterocycles. The van der Waals surface area contributed by atoms with Crippen LogP contribution in [0.2, 0.25) is 10.0 Å². The quantitative estimate of drug-likeness (QED) is 0.884. The second-order valence-corrected chi connectivity index (χ2v) is 6.93. The predicted octanol–water partition coefficient (Wildman–Crippen LogP) is 3.16. The van der Waals surface area contributed by atoms with Gasteiger partial charge in [0.1, 0.15) is 0 Å². The maximum absolute atomic E-state index is 12.3. The van der Waals surface area contributed by atoms with E-state index in [1.54, 1.807) is 6.07 Å². The summed E-state index contributed by atoms with van der Waals surface area (Å²) in [5, 5.41) is 6.98. The number of piperidine rings is 1. The van der Waals surface area contributed by atoms with E-state index in [2.05, 4.69) is 10.6 Å². The van der Waals surface area contributed by atoms with Gasteiger partial charge in [-0.05, 0) is 43.4 Å². The monoisotopic (exact) mass is 340 g/mol. The van der Waals surface area contributed by atoms with E-state index in [0.717, 1.165) is 31.2 Å². The maximum atomic E-state index is 12.3. The van der Waals surface area contributed by atoms with E-state index in [1.807, 2.05) is 12.1 Å². The van der Waals surface area contributed by atoms with Crippen LogP contribution in [0, 0.1) is 0 Å². The Labute approximate surface area is 139 Å². The van der Waals surface area contributed by atoms with Crippen molar-refractivity contribution in [2.45, 2.75) is 50.1 Å². The van der Waals surface area contributed by atoms with Crippen molar-refractivity contribution < 1.29 is 9.59 Å². The standard InChI is InChI=1S/C16H18Cl2N2O2/c17-12-5-4-10(8-13(12)18)16(6-7-16)20-15(22)9-11-2-1-3-14(21)19-11/h4-5,8,11H,1-3,6-7,9H2,(H,19,21)(H,20,22). The summed E-state index contributed by atoms with van der Waals surface area (Å²) in [7, 11) is 0. The SMILES string of the molecule is O=C1CCCC(CC(=O)NC2(c3ccc(Cl)c(Cl)c3)CC2)N1. The van der Waals surface area contributed by atoms with Gasteiger partial charge in [-0.2, -0.15) is 0 Å². The van der Waals surface area contributed by atoms with Crippen molar-refractivity contribution in [3.05, 3.63) is 33.8 Å². The molecule has 2 aliphatic rings. The van der Waals surface area contributed by atoms with Crippen molar-refractivity contribution in [1.29, 1.82) is 0 Å². The normalized spacial score (nSPS) is 22.8. The van der Waals surface area contributed by atoms with Gasteiger partial charge in [0, 0.05) is 18.9 Å². The Morgan fingerprint density at radius 1 is 1.32 bits per heavy atom. The summed E-state index contributed by atoms with van der Waals surface area (Å²) < 4.78 is 0. The van der Waals surface area contributed by atoms with Gasteiger partial charge in [-0.3, -0.25) is 9.59 Å². The average Bonchev–Trinajstić information content (AvgIpc) is 3.22. The van der Waals surface area contributed by atoms with E-state index < -0.39 is 0 Å². The maximum Gasteiger partial charge on any atom is 0.222 e. The summed E-state index contributed by atoms with van der Waals surface area (Å²) >= 11 is 12.0. The van der Waals surface area contributed by atoms with Gasteiger partial charge in [0.05, 0.1) is 15.6 Å². The smallest absolute Gasteiger partial charge is 0.222 e. The number of halogens is 2. The Hall–Kier alpha value is -1.26. The molecule has 1 unspecified atom stereocenters. The molecule has 2 N–H and O–H groups in total. The molecule has 1 saturated carbocycles. The van der Waals surface area contributed by atoms with Gasteiger partial charge in [-0.1, -0.05) is 29.3 Å². The molecule has 22 heavy (non-hydrogen) atoms. The number of carbonyl (C=O) groups is 2. The number of benzene rings is 1. The number of nitrogens with one attached hydrogen (secondary N) is 2. The summed E-state index contributed by atoms with van der Waals surface area (Å²) in [5.41, 5.74) is 0.673. The highest BCUT2D eigenvalue weighted by molar-refractivity contribution is 6.42. The van der Waals surface area contributed by atoms with Crippen molar-refractivity contribution in [3.8, 4) is 0 Å². The molecule has 2 fully saturated rings. The van der Waals surface area contributed by atoms with Gasteiger partial charge in [-0.25, -0.2) is 0 Å². The van der Waals surface area contributed by atoms with Crippen LogP contribution in [0.3, 0.4) is 0 Å². The van der Waals surface area contributed by atoms with Gasteiger partial charge in [0.25, 0.3) is 0 Å². The van der Waals surface area contributed by atoms with E-state index in [-0.39, 0.29) is 23.4 Å². The number of hydrogen-bond donors (Lipinski definition) is 2. The van der Waals surface area contributed by atoms with E-state index in [0.29, 0.717) is 22.9 Å². The molecule has 0 bridgehead atoms. The minimum Gasteiger partial charge on any atom is -0.353 e. The van der Waals surface area contributed by atoms with Gasteiger partial charge < -0.3 is 10.6 Å². The van der Waals surface area contributed by atoms with Crippen LogP contribution < -0.4 is 10.6 Å². The van der Waals surface area contributed by atoms with E-state index in [4.69, 9.17) is 23.2 Å². The first-order valence-corrected chi connectivity index (χ1v) is 8.30. The molecule has 1 saturated heterocycles. The van der Waals surface area contributed by atoms with Crippen LogP contribution in [-0.4, -0.2) is 17.9 Å². The van der Waals surface area contributed by atoms with Gasteiger partial charge in [0.2, 0.25) is 11.8 Å². The van der Waals surface area contributed by atoms with Crippen molar-refractivity contribution in [3.63, 3.8) is 0 Å². The second-order valence-electron chi connectivity index (χ2n) is 6.12. The topological polar surface area (TPSA) is 58.2 Å². The van der Waals surface area contributed by atoms with Crippen LogP contribution >= 0.6 is 23.2 Å². The van der Waals surface area contributed by atoms with E-state index in [9.17, 15) is 9.59 Å². The van der Waals surface area contributed by atoms with Crippen LogP contribution in [0.25, 0.3) is 0 Å². The summed E-state index contributed by atoms with van der Waals surface area (Å²) in [6, 6.07) is 5.43. The highest BCUT2D eigenvalue weighted by atomic mass is 35.5. The summed E-state index contributed by atoms with van der Waals surface area (Å²) in [6.45, 7) is 0. The largest absolute Gasteiger partial charge is 0.353 e. The molecule has 4 nitrogen and oxygen atoms in total. The average molecular weight is 341 g/mol. The molecular weight excluding hydrogens is 323 g/mol. The van der Waals surface area contributed by atoms with Crippen LogP contribution in [0.15, 0.2) is 18.2 Å². The lowest BCUT2D eigenvalue weighted by Gasteiger charge is -2.24. The Bertz CT molecular complexity index is 614. The Morgan fingerprint density at radius 2 is 2.09 bits per heavy atom. The Kier molecular flexibility index (Phi) is 4.33. The molecule has 0 radical (unpaired) electrons. The molecule has 2 amide bonds. The molecular formula is C16H18Cl2N2O2. The third-order valence-corrected chi connectivity index (χ3v) is 5.09. The van der Waals surface area contributed by atoms with Gasteiger partial charge >= 0.3 is 0 Å². The lowest BCUT2D eigenvalue weighted by atomic mass is 10.00. The highest BCUT2D eigenvalue weighted by Crippen LogP contribution is 2.46. The first-order valence-electron chi connectivity index (χ1n) is 7.54. The first-order chi connectivity index (χ1) is 10.5. The zero-order valence-electron chi connectivity index (χ0n) is 12.1. The molecule has 0 aromatic heterocycles. The molecule has 6 heteroatoms. The number of amides is 2. The molecule has 3 rings (SSSR count). The first kappa shape index (κ1) is 15.6. The molecule has 0 spiro atoms. The van der Waals surface area contributed by atoms with Crippen molar-refractivity contribution in [2.75, 3.05) is 0 Å². The third kappa shape index (κ3) is 3.39. The zero-order valence-corrected chi connectivity index (χ0v) is 13.6. The van der Waals surface area contributed by atoms with Crippen LogP contribution in [0.4, 0.5) is 0 Å². The third-order valence-electron chi connectivity index (χ3n) is 4.35. The minimum atomic E-state index is -0.315. The molecule has 1 aliphatic carbocycles. The summed E-state index contributed by atoms with van der Waals surface area (Å²) in [5.74, 6) is 0.00504. The van der Waals surface area contributed by atoms with Crippen LogP contribution in [-0.2, 0) is 15.1 Å². The van der Waals surface area contributed by atoms with Crippen LogP contribution in [0.1, 0.15) is 44.1 Å². The minimum absolute atomic E-state index is 0.0317.